The molecule has 1 aliphatic carbocycles. The Morgan fingerprint density at radius 3 is 2.83 bits per heavy atom. The SMILES string of the molecule is O=[N+]([O-])c1ccc(CNCCCC2CC2)cc1F. The molecule has 0 amide bonds. The van der Waals surface area contributed by atoms with Crippen LogP contribution in [0.4, 0.5) is 10.1 Å². The lowest BCUT2D eigenvalue weighted by molar-refractivity contribution is -0.387. The van der Waals surface area contributed by atoms with Gasteiger partial charge in [0.2, 0.25) is 5.82 Å². The van der Waals surface area contributed by atoms with Crippen LogP contribution in [-0.2, 0) is 6.54 Å². The normalized spacial score (nSPS) is 14.7. The summed E-state index contributed by atoms with van der Waals surface area (Å²) in [6, 6.07) is 4.04. The lowest BCUT2D eigenvalue weighted by Crippen LogP contribution is -2.15. The maximum atomic E-state index is 13.3. The van der Waals surface area contributed by atoms with Gasteiger partial charge in [0, 0.05) is 12.6 Å². The number of rotatable bonds is 7. The quantitative estimate of drug-likeness (QED) is 0.461. The number of hydrogen-bond acceptors (Lipinski definition) is 3. The molecular formula is C13H17FN2O2. The van der Waals surface area contributed by atoms with E-state index >= 15 is 0 Å². The number of hydrogen-bond donors (Lipinski definition) is 1. The molecule has 1 fully saturated rings. The Bertz CT molecular complexity index is 433. The highest BCUT2D eigenvalue weighted by Crippen LogP contribution is 2.33. The summed E-state index contributed by atoms with van der Waals surface area (Å²) in [5.74, 6) is 0.167. The van der Waals surface area contributed by atoms with Gasteiger partial charge in [-0.2, -0.15) is 4.39 Å². The van der Waals surface area contributed by atoms with Crippen LogP contribution >= 0.6 is 0 Å². The second kappa shape index (κ2) is 5.91. The van der Waals surface area contributed by atoms with Crippen molar-refractivity contribution in [3.63, 3.8) is 0 Å². The number of benzene rings is 1. The van der Waals surface area contributed by atoms with Gasteiger partial charge in [-0.3, -0.25) is 10.1 Å². The lowest BCUT2D eigenvalue weighted by atomic mass is 10.2. The second-order valence-corrected chi connectivity index (χ2v) is 4.81. The van der Waals surface area contributed by atoms with Crippen LogP contribution in [0.15, 0.2) is 18.2 Å². The summed E-state index contributed by atoms with van der Waals surface area (Å²) < 4.78 is 13.3. The molecule has 4 nitrogen and oxygen atoms in total. The Hall–Kier alpha value is -1.49. The Balaban J connectivity index is 1.74. The van der Waals surface area contributed by atoms with Gasteiger partial charge in [0.1, 0.15) is 0 Å². The van der Waals surface area contributed by atoms with Crippen molar-refractivity contribution in [1.82, 2.24) is 5.32 Å². The molecule has 1 saturated carbocycles. The zero-order valence-corrected chi connectivity index (χ0v) is 10.2. The van der Waals surface area contributed by atoms with Crippen LogP contribution in [0.2, 0.25) is 0 Å². The third kappa shape index (κ3) is 3.77. The lowest BCUT2D eigenvalue weighted by Gasteiger charge is -2.05. The van der Waals surface area contributed by atoms with Crippen LogP contribution in [0.1, 0.15) is 31.2 Å². The Morgan fingerprint density at radius 2 is 2.22 bits per heavy atom. The molecule has 0 aliphatic heterocycles. The highest BCUT2D eigenvalue weighted by molar-refractivity contribution is 5.34. The Labute approximate surface area is 105 Å². The van der Waals surface area contributed by atoms with E-state index in [9.17, 15) is 14.5 Å². The summed E-state index contributed by atoms with van der Waals surface area (Å²) in [6.07, 6.45) is 5.14. The third-order valence-corrected chi connectivity index (χ3v) is 3.20. The minimum atomic E-state index is -0.766. The van der Waals surface area contributed by atoms with Gasteiger partial charge in [0.15, 0.2) is 0 Å². The van der Waals surface area contributed by atoms with Gasteiger partial charge in [-0.1, -0.05) is 18.9 Å². The average molecular weight is 252 g/mol. The van der Waals surface area contributed by atoms with Gasteiger partial charge >= 0.3 is 5.69 Å². The molecule has 0 atom stereocenters. The largest absolute Gasteiger partial charge is 0.313 e. The summed E-state index contributed by atoms with van der Waals surface area (Å²) in [6.45, 7) is 1.47. The molecule has 1 aromatic rings. The molecule has 0 bridgehead atoms. The average Bonchev–Trinajstić information content (AvgIpc) is 3.12. The van der Waals surface area contributed by atoms with E-state index < -0.39 is 16.4 Å². The maximum Gasteiger partial charge on any atom is 0.304 e. The van der Waals surface area contributed by atoms with E-state index in [4.69, 9.17) is 0 Å². The Morgan fingerprint density at radius 1 is 1.44 bits per heavy atom. The van der Waals surface area contributed by atoms with E-state index in [2.05, 4.69) is 5.32 Å². The van der Waals surface area contributed by atoms with E-state index in [0.717, 1.165) is 24.4 Å². The highest BCUT2D eigenvalue weighted by atomic mass is 19.1. The van der Waals surface area contributed by atoms with E-state index in [1.165, 1.54) is 31.4 Å². The van der Waals surface area contributed by atoms with Crippen molar-refractivity contribution in [2.75, 3.05) is 6.54 Å². The molecule has 1 aromatic carbocycles. The smallest absolute Gasteiger partial charge is 0.304 e. The summed E-state index contributed by atoms with van der Waals surface area (Å²) in [5, 5.41) is 13.7. The van der Waals surface area contributed by atoms with Crippen LogP contribution in [0.3, 0.4) is 0 Å². The van der Waals surface area contributed by atoms with Crippen molar-refractivity contribution >= 4 is 5.69 Å². The first-order chi connectivity index (χ1) is 8.66. The predicted octanol–water partition coefficient (Wildman–Crippen LogP) is 3.01. The number of nitro groups is 1. The van der Waals surface area contributed by atoms with Crippen LogP contribution in [0.25, 0.3) is 0 Å². The van der Waals surface area contributed by atoms with Gasteiger partial charge < -0.3 is 5.32 Å². The number of halogens is 1. The maximum absolute atomic E-state index is 13.3. The van der Waals surface area contributed by atoms with Gasteiger partial charge in [0.25, 0.3) is 0 Å². The second-order valence-electron chi connectivity index (χ2n) is 4.81. The van der Waals surface area contributed by atoms with Gasteiger partial charge in [-0.25, -0.2) is 0 Å². The van der Waals surface area contributed by atoms with Crippen LogP contribution in [0.5, 0.6) is 0 Å². The molecule has 18 heavy (non-hydrogen) atoms. The van der Waals surface area contributed by atoms with Crippen LogP contribution < -0.4 is 5.32 Å². The van der Waals surface area contributed by atoms with Crippen molar-refractivity contribution in [2.24, 2.45) is 5.92 Å². The summed E-state index contributed by atoms with van der Waals surface area (Å²) >= 11 is 0. The highest BCUT2D eigenvalue weighted by Gasteiger charge is 2.19. The van der Waals surface area contributed by atoms with Crippen molar-refractivity contribution in [2.45, 2.75) is 32.2 Å². The van der Waals surface area contributed by atoms with E-state index in [1.54, 1.807) is 6.07 Å². The molecule has 0 spiro atoms. The number of nitro benzene ring substituents is 1. The molecular weight excluding hydrogens is 235 g/mol. The zero-order chi connectivity index (χ0) is 13.0. The topological polar surface area (TPSA) is 55.2 Å². The van der Waals surface area contributed by atoms with E-state index in [1.807, 2.05) is 0 Å². The first-order valence-corrected chi connectivity index (χ1v) is 6.30. The Kier molecular flexibility index (Phi) is 4.25. The standard InChI is InChI=1S/C13H17FN2O2/c14-12-8-11(5-6-13(12)16(17)18)9-15-7-1-2-10-3-4-10/h5-6,8,10,15H,1-4,7,9H2. The van der Waals surface area contributed by atoms with Gasteiger partial charge in [-0.05, 0) is 36.9 Å². The summed E-state index contributed by atoms with van der Waals surface area (Å²) in [5.41, 5.74) is 0.275. The third-order valence-electron chi connectivity index (χ3n) is 3.20. The molecule has 0 radical (unpaired) electrons. The van der Waals surface area contributed by atoms with Crippen molar-refractivity contribution in [3.05, 3.63) is 39.7 Å². The van der Waals surface area contributed by atoms with E-state index in [0.29, 0.717) is 6.54 Å². The number of nitrogens with one attached hydrogen (secondary N) is 1. The minimum Gasteiger partial charge on any atom is -0.313 e. The van der Waals surface area contributed by atoms with Crippen LogP contribution in [-0.4, -0.2) is 11.5 Å². The van der Waals surface area contributed by atoms with Crippen molar-refractivity contribution < 1.29 is 9.31 Å². The molecule has 0 saturated heterocycles. The van der Waals surface area contributed by atoms with Gasteiger partial charge in [0.05, 0.1) is 4.92 Å². The number of nitrogens with zero attached hydrogens (tertiary/aromatic N) is 1. The van der Waals surface area contributed by atoms with Crippen molar-refractivity contribution in [1.29, 1.82) is 0 Å². The van der Waals surface area contributed by atoms with Gasteiger partial charge in [-0.15, -0.1) is 0 Å². The first kappa shape index (κ1) is 13.0. The molecule has 0 aromatic heterocycles. The summed E-state index contributed by atoms with van der Waals surface area (Å²) in [7, 11) is 0. The van der Waals surface area contributed by atoms with Crippen molar-refractivity contribution in [3.8, 4) is 0 Å². The minimum absolute atomic E-state index is 0.465. The molecule has 0 unspecified atom stereocenters. The molecule has 2 rings (SSSR count). The molecule has 0 heterocycles. The summed E-state index contributed by atoms with van der Waals surface area (Å²) in [4.78, 5) is 9.75. The monoisotopic (exact) mass is 252 g/mol. The molecule has 1 N–H and O–H groups in total. The van der Waals surface area contributed by atoms with Crippen LogP contribution in [0, 0.1) is 21.8 Å². The van der Waals surface area contributed by atoms with E-state index in [-0.39, 0.29) is 0 Å². The predicted molar refractivity (Wildman–Crippen MR) is 66.7 cm³/mol. The fourth-order valence-electron chi connectivity index (χ4n) is 1.96. The molecule has 1 aliphatic rings. The fourth-order valence-corrected chi connectivity index (χ4v) is 1.96. The molecule has 5 heteroatoms. The molecule has 98 valence electrons. The fraction of sp³-hybridized carbons (Fsp3) is 0.538. The zero-order valence-electron chi connectivity index (χ0n) is 10.2. The first-order valence-electron chi connectivity index (χ1n) is 6.30.